The van der Waals surface area contributed by atoms with Gasteiger partial charge in [0.15, 0.2) is 0 Å². The van der Waals surface area contributed by atoms with Crippen molar-refractivity contribution in [1.29, 1.82) is 0 Å². The number of para-hydroxylation sites is 1. The number of rotatable bonds is 6. The van der Waals surface area contributed by atoms with Crippen LogP contribution >= 0.6 is 0 Å². The van der Waals surface area contributed by atoms with Crippen LogP contribution in [0.5, 0.6) is 5.75 Å². The van der Waals surface area contributed by atoms with Crippen molar-refractivity contribution in [1.82, 2.24) is 4.90 Å². The molecule has 5 nitrogen and oxygen atoms in total. The van der Waals surface area contributed by atoms with Gasteiger partial charge in [-0.05, 0) is 23.8 Å². The maximum Gasteiger partial charge on any atom is 0.227 e. The minimum absolute atomic E-state index is 0.0373. The van der Waals surface area contributed by atoms with Crippen LogP contribution < -0.4 is 10.5 Å². The van der Waals surface area contributed by atoms with Crippen molar-refractivity contribution in [2.45, 2.75) is 6.42 Å². The van der Waals surface area contributed by atoms with Crippen LogP contribution in [0.15, 0.2) is 54.6 Å². The van der Waals surface area contributed by atoms with Gasteiger partial charge in [-0.2, -0.15) is 0 Å². The first-order valence-corrected chi connectivity index (χ1v) is 8.53. The number of primary amides is 1. The number of likely N-dealkylation sites (tertiary alicyclic amines) is 1. The molecule has 2 amide bonds. The molecular formula is C20H21FN2O3. The van der Waals surface area contributed by atoms with E-state index in [1.54, 1.807) is 23.1 Å². The van der Waals surface area contributed by atoms with E-state index in [0.29, 0.717) is 24.5 Å². The number of carbonyl (C=O) groups excluding carboxylic acids is 2. The van der Waals surface area contributed by atoms with Crippen molar-refractivity contribution >= 4 is 11.8 Å². The van der Waals surface area contributed by atoms with Gasteiger partial charge >= 0.3 is 0 Å². The van der Waals surface area contributed by atoms with E-state index in [-0.39, 0.29) is 24.8 Å². The minimum Gasteiger partial charge on any atom is -0.493 e. The zero-order valence-corrected chi connectivity index (χ0v) is 14.3. The van der Waals surface area contributed by atoms with Gasteiger partial charge in [-0.3, -0.25) is 9.59 Å². The standard InChI is InChI=1S/C20H21FN2O3/c21-18-9-5-4-6-14(18)10-19(24)23-11-15(17(12-23)20(22)25)13-26-16-7-2-1-3-8-16/h1-9,15,17H,10-13H2,(H2,22,25)/t15-,17+/m0/s1. The first kappa shape index (κ1) is 17.9. The number of ether oxygens (including phenoxy) is 1. The van der Waals surface area contributed by atoms with E-state index >= 15 is 0 Å². The molecule has 1 fully saturated rings. The Kier molecular flexibility index (Phi) is 5.51. The van der Waals surface area contributed by atoms with Crippen molar-refractivity contribution in [3.63, 3.8) is 0 Å². The van der Waals surface area contributed by atoms with Crippen LogP contribution in [0.2, 0.25) is 0 Å². The maximum atomic E-state index is 13.8. The highest BCUT2D eigenvalue weighted by Gasteiger charge is 2.39. The topological polar surface area (TPSA) is 72.6 Å². The van der Waals surface area contributed by atoms with Crippen LogP contribution in [-0.2, 0) is 16.0 Å². The molecule has 0 saturated carbocycles. The highest BCUT2D eigenvalue weighted by Crippen LogP contribution is 2.25. The van der Waals surface area contributed by atoms with Gasteiger partial charge in [0.1, 0.15) is 11.6 Å². The summed E-state index contributed by atoms with van der Waals surface area (Å²) >= 11 is 0. The summed E-state index contributed by atoms with van der Waals surface area (Å²) in [5.74, 6) is -1.03. The van der Waals surface area contributed by atoms with Gasteiger partial charge in [0.25, 0.3) is 0 Å². The largest absolute Gasteiger partial charge is 0.493 e. The second-order valence-electron chi connectivity index (χ2n) is 6.46. The van der Waals surface area contributed by atoms with Gasteiger partial charge in [0.2, 0.25) is 11.8 Å². The lowest BCUT2D eigenvalue weighted by Crippen LogP contribution is -2.33. The summed E-state index contributed by atoms with van der Waals surface area (Å²) < 4.78 is 19.5. The van der Waals surface area contributed by atoms with Crippen molar-refractivity contribution in [3.8, 4) is 5.75 Å². The molecule has 2 atom stereocenters. The molecule has 3 rings (SSSR count). The Hall–Kier alpha value is -2.89. The first-order chi connectivity index (χ1) is 12.5. The van der Waals surface area contributed by atoms with Crippen molar-refractivity contribution < 1.29 is 18.7 Å². The van der Waals surface area contributed by atoms with Gasteiger partial charge in [0, 0.05) is 19.0 Å². The molecule has 0 aromatic heterocycles. The zero-order chi connectivity index (χ0) is 18.5. The van der Waals surface area contributed by atoms with Crippen molar-refractivity contribution in [3.05, 3.63) is 66.0 Å². The molecular weight excluding hydrogens is 335 g/mol. The van der Waals surface area contributed by atoms with Crippen LogP contribution in [0.3, 0.4) is 0 Å². The first-order valence-electron chi connectivity index (χ1n) is 8.53. The summed E-state index contributed by atoms with van der Waals surface area (Å²) in [7, 11) is 0. The van der Waals surface area contributed by atoms with E-state index < -0.39 is 17.6 Å². The third kappa shape index (κ3) is 4.20. The molecule has 0 spiro atoms. The number of amides is 2. The van der Waals surface area contributed by atoms with Crippen LogP contribution in [0.25, 0.3) is 0 Å². The number of halogens is 1. The van der Waals surface area contributed by atoms with Gasteiger partial charge in [-0.15, -0.1) is 0 Å². The molecule has 2 aromatic rings. The van der Waals surface area contributed by atoms with Gasteiger partial charge in [-0.1, -0.05) is 36.4 Å². The Morgan fingerprint density at radius 2 is 1.77 bits per heavy atom. The lowest BCUT2D eigenvalue weighted by atomic mass is 9.96. The monoisotopic (exact) mass is 356 g/mol. The van der Waals surface area contributed by atoms with Crippen molar-refractivity contribution in [2.24, 2.45) is 17.6 Å². The maximum absolute atomic E-state index is 13.8. The molecule has 1 aliphatic rings. The number of hydrogen-bond acceptors (Lipinski definition) is 3. The Labute approximate surface area is 151 Å². The Balaban J connectivity index is 1.63. The van der Waals surface area contributed by atoms with Crippen LogP contribution in [-0.4, -0.2) is 36.4 Å². The molecule has 0 unspecified atom stereocenters. The summed E-state index contributed by atoms with van der Waals surface area (Å²) in [4.78, 5) is 25.9. The summed E-state index contributed by atoms with van der Waals surface area (Å²) in [6.45, 7) is 0.903. The van der Waals surface area contributed by atoms with E-state index in [9.17, 15) is 14.0 Å². The zero-order valence-electron chi connectivity index (χ0n) is 14.3. The summed E-state index contributed by atoms with van der Waals surface area (Å²) in [5, 5.41) is 0. The fourth-order valence-electron chi connectivity index (χ4n) is 3.20. The molecule has 136 valence electrons. The number of benzene rings is 2. The number of carbonyl (C=O) groups is 2. The predicted molar refractivity (Wildman–Crippen MR) is 94.8 cm³/mol. The third-order valence-electron chi connectivity index (χ3n) is 4.67. The lowest BCUT2D eigenvalue weighted by molar-refractivity contribution is -0.129. The minimum atomic E-state index is -0.469. The molecule has 0 bridgehead atoms. The van der Waals surface area contributed by atoms with E-state index in [1.165, 1.54) is 6.07 Å². The fraction of sp³-hybridized carbons (Fsp3) is 0.300. The van der Waals surface area contributed by atoms with Crippen LogP contribution in [0.4, 0.5) is 4.39 Å². The SMILES string of the molecule is NC(=O)[C@@H]1CN(C(=O)Cc2ccccc2F)C[C@H]1COc1ccccc1. The van der Waals surface area contributed by atoms with Crippen LogP contribution in [0.1, 0.15) is 5.56 Å². The highest BCUT2D eigenvalue weighted by atomic mass is 19.1. The summed E-state index contributed by atoms with van der Waals surface area (Å²) in [6.07, 6.45) is -0.0373. The second kappa shape index (κ2) is 7.99. The molecule has 1 heterocycles. The number of hydrogen-bond donors (Lipinski definition) is 1. The second-order valence-corrected chi connectivity index (χ2v) is 6.46. The van der Waals surface area contributed by atoms with Gasteiger partial charge in [-0.25, -0.2) is 4.39 Å². The van der Waals surface area contributed by atoms with Gasteiger partial charge < -0.3 is 15.4 Å². The predicted octanol–water partition coefficient (Wildman–Crippen LogP) is 2.01. The quantitative estimate of drug-likeness (QED) is 0.860. The Morgan fingerprint density at radius 1 is 1.08 bits per heavy atom. The average molecular weight is 356 g/mol. The van der Waals surface area contributed by atoms with Gasteiger partial charge in [0.05, 0.1) is 18.9 Å². The average Bonchev–Trinajstić information content (AvgIpc) is 3.07. The highest BCUT2D eigenvalue weighted by molar-refractivity contribution is 5.82. The summed E-state index contributed by atoms with van der Waals surface area (Å²) in [6, 6.07) is 15.5. The molecule has 0 radical (unpaired) electrons. The summed E-state index contributed by atoms with van der Waals surface area (Å²) in [5.41, 5.74) is 5.85. The van der Waals surface area contributed by atoms with E-state index in [4.69, 9.17) is 10.5 Å². The number of nitrogens with two attached hydrogens (primary N) is 1. The van der Waals surface area contributed by atoms with E-state index in [1.807, 2.05) is 30.3 Å². The molecule has 26 heavy (non-hydrogen) atoms. The molecule has 1 saturated heterocycles. The molecule has 1 aliphatic heterocycles. The Bertz CT molecular complexity index is 782. The molecule has 2 N–H and O–H groups in total. The number of nitrogens with zero attached hydrogens (tertiary/aromatic N) is 1. The van der Waals surface area contributed by atoms with Crippen molar-refractivity contribution in [2.75, 3.05) is 19.7 Å². The smallest absolute Gasteiger partial charge is 0.227 e. The third-order valence-corrected chi connectivity index (χ3v) is 4.67. The molecule has 0 aliphatic carbocycles. The van der Waals surface area contributed by atoms with E-state index in [0.717, 1.165) is 0 Å². The molecule has 6 heteroatoms. The normalized spacial score (nSPS) is 19.3. The fourth-order valence-corrected chi connectivity index (χ4v) is 3.20. The van der Waals surface area contributed by atoms with E-state index in [2.05, 4.69) is 0 Å². The molecule has 2 aromatic carbocycles. The van der Waals surface area contributed by atoms with Crippen LogP contribution in [0, 0.1) is 17.7 Å². The lowest BCUT2D eigenvalue weighted by Gasteiger charge is -2.17. The Morgan fingerprint density at radius 3 is 2.46 bits per heavy atom.